The zero-order chi connectivity index (χ0) is 13.2. The van der Waals surface area contributed by atoms with Gasteiger partial charge in [0.25, 0.3) is 5.91 Å². The minimum Gasteiger partial charge on any atom is -0.496 e. The highest BCUT2D eigenvalue weighted by Gasteiger charge is 2.09. The number of para-hydroxylation sites is 1. The van der Waals surface area contributed by atoms with E-state index in [0.29, 0.717) is 17.9 Å². The molecule has 4 nitrogen and oxygen atoms in total. The van der Waals surface area contributed by atoms with Crippen LogP contribution in [0.15, 0.2) is 24.3 Å². The van der Waals surface area contributed by atoms with Crippen LogP contribution in [0, 0.1) is 0 Å². The molecule has 4 heteroatoms. The van der Waals surface area contributed by atoms with Gasteiger partial charge in [-0.2, -0.15) is 0 Å². The van der Waals surface area contributed by atoms with Gasteiger partial charge in [0.05, 0.1) is 12.7 Å². The van der Waals surface area contributed by atoms with Gasteiger partial charge in [-0.05, 0) is 31.5 Å². The molecule has 100 valence electrons. The molecule has 0 heterocycles. The van der Waals surface area contributed by atoms with Crippen molar-refractivity contribution < 1.29 is 9.53 Å². The van der Waals surface area contributed by atoms with Crippen LogP contribution in [0.1, 0.15) is 36.0 Å². The van der Waals surface area contributed by atoms with E-state index in [2.05, 4.69) is 5.32 Å². The molecular weight excluding hydrogens is 228 g/mol. The Hall–Kier alpha value is -1.55. The summed E-state index contributed by atoms with van der Waals surface area (Å²) in [5.41, 5.74) is 6.00. The molecule has 18 heavy (non-hydrogen) atoms. The lowest BCUT2D eigenvalue weighted by Crippen LogP contribution is -2.24. The fourth-order valence-corrected chi connectivity index (χ4v) is 1.75. The van der Waals surface area contributed by atoms with Gasteiger partial charge in [-0.1, -0.05) is 25.0 Å². The van der Waals surface area contributed by atoms with Crippen molar-refractivity contribution in [1.82, 2.24) is 5.32 Å². The maximum absolute atomic E-state index is 11.9. The van der Waals surface area contributed by atoms with Gasteiger partial charge in [0, 0.05) is 6.54 Å². The summed E-state index contributed by atoms with van der Waals surface area (Å²) < 4.78 is 5.15. The second-order valence-electron chi connectivity index (χ2n) is 4.16. The summed E-state index contributed by atoms with van der Waals surface area (Å²) in [5.74, 6) is 0.532. The number of hydrogen-bond acceptors (Lipinski definition) is 3. The van der Waals surface area contributed by atoms with E-state index in [4.69, 9.17) is 10.5 Å². The summed E-state index contributed by atoms with van der Waals surface area (Å²) in [6, 6.07) is 7.24. The predicted molar refractivity (Wildman–Crippen MR) is 72.8 cm³/mol. The van der Waals surface area contributed by atoms with Crippen molar-refractivity contribution in [2.24, 2.45) is 5.73 Å². The van der Waals surface area contributed by atoms with Crippen LogP contribution >= 0.6 is 0 Å². The molecule has 0 fully saturated rings. The number of nitrogens with one attached hydrogen (secondary N) is 1. The van der Waals surface area contributed by atoms with Gasteiger partial charge < -0.3 is 15.8 Å². The first kappa shape index (κ1) is 14.5. The van der Waals surface area contributed by atoms with Crippen molar-refractivity contribution in [2.45, 2.75) is 25.7 Å². The molecular formula is C14H22N2O2. The second-order valence-corrected chi connectivity index (χ2v) is 4.16. The minimum absolute atomic E-state index is 0.0775. The van der Waals surface area contributed by atoms with Crippen LogP contribution in [0.4, 0.5) is 0 Å². The van der Waals surface area contributed by atoms with Crippen LogP contribution in [0.3, 0.4) is 0 Å². The third-order valence-electron chi connectivity index (χ3n) is 2.77. The Morgan fingerprint density at radius 2 is 1.94 bits per heavy atom. The third kappa shape index (κ3) is 4.75. The number of hydrogen-bond donors (Lipinski definition) is 2. The lowest BCUT2D eigenvalue weighted by atomic mass is 10.1. The molecule has 0 aliphatic carbocycles. The Balaban J connectivity index is 2.32. The molecule has 1 amide bonds. The van der Waals surface area contributed by atoms with E-state index in [0.717, 1.165) is 32.2 Å². The van der Waals surface area contributed by atoms with Crippen LogP contribution in [-0.4, -0.2) is 26.1 Å². The van der Waals surface area contributed by atoms with Gasteiger partial charge in [-0.3, -0.25) is 4.79 Å². The van der Waals surface area contributed by atoms with E-state index in [9.17, 15) is 4.79 Å². The first-order valence-corrected chi connectivity index (χ1v) is 6.41. The smallest absolute Gasteiger partial charge is 0.255 e. The van der Waals surface area contributed by atoms with E-state index in [1.165, 1.54) is 0 Å². The zero-order valence-electron chi connectivity index (χ0n) is 10.9. The molecule has 0 unspecified atom stereocenters. The van der Waals surface area contributed by atoms with Crippen molar-refractivity contribution >= 4 is 5.91 Å². The number of benzene rings is 1. The lowest BCUT2D eigenvalue weighted by Gasteiger charge is -2.08. The van der Waals surface area contributed by atoms with Gasteiger partial charge in [-0.15, -0.1) is 0 Å². The highest BCUT2D eigenvalue weighted by atomic mass is 16.5. The quantitative estimate of drug-likeness (QED) is 0.693. The first-order chi connectivity index (χ1) is 8.79. The zero-order valence-corrected chi connectivity index (χ0v) is 10.9. The standard InChI is InChI=1S/C14H22N2O2/c1-18-13-9-5-4-8-12(13)14(17)16-11-7-3-2-6-10-15/h4-5,8-9H,2-3,6-7,10-11,15H2,1H3,(H,16,17). The number of rotatable bonds is 8. The van der Waals surface area contributed by atoms with Crippen LogP contribution in [0.2, 0.25) is 0 Å². The molecule has 0 saturated carbocycles. The Kier molecular flexibility index (Phi) is 6.87. The number of carbonyl (C=O) groups is 1. The number of methoxy groups -OCH3 is 1. The maximum Gasteiger partial charge on any atom is 0.255 e. The molecule has 0 aliphatic rings. The molecule has 1 aromatic rings. The molecule has 0 aromatic heterocycles. The summed E-state index contributed by atoms with van der Waals surface area (Å²) in [4.78, 5) is 11.9. The van der Waals surface area contributed by atoms with Crippen molar-refractivity contribution in [1.29, 1.82) is 0 Å². The monoisotopic (exact) mass is 250 g/mol. The Labute approximate surface area is 109 Å². The van der Waals surface area contributed by atoms with E-state index in [1.807, 2.05) is 12.1 Å². The SMILES string of the molecule is COc1ccccc1C(=O)NCCCCCCN. The molecule has 0 spiro atoms. The molecule has 0 aliphatic heterocycles. The molecule has 3 N–H and O–H groups in total. The predicted octanol–water partition coefficient (Wildman–Crippen LogP) is 1.94. The molecule has 0 radical (unpaired) electrons. The van der Waals surface area contributed by atoms with Gasteiger partial charge >= 0.3 is 0 Å². The van der Waals surface area contributed by atoms with Gasteiger partial charge in [0.1, 0.15) is 5.75 Å². The topological polar surface area (TPSA) is 64.3 Å². The number of ether oxygens (including phenoxy) is 1. The van der Waals surface area contributed by atoms with Gasteiger partial charge in [0.2, 0.25) is 0 Å². The van der Waals surface area contributed by atoms with Crippen molar-refractivity contribution in [2.75, 3.05) is 20.2 Å². The second kappa shape index (κ2) is 8.53. The molecule has 0 saturated heterocycles. The molecule has 1 aromatic carbocycles. The molecule has 1 rings (SSSR count). The lowest BCUT2D eigenvalue weighted by molar-refractivity contribution is 0.0950. The van der Waals surface area contributed by atoms with Crippen molar-refractivity contribution in [3.8, 4) is 5.75 Å². The fraction of sp³-hybridized carbons (Fsp3) is 0.500. The van der Waals surface area contributed by atoms with Gasteiger partial charge in [-0.25, -0.2) is 0 Å². The minimum atomic E-state index is -0.0775. The average Bonchev–Trinajstić information content (AvgIpc) is 2.42. The summed E-state index contributed by atoms with van der Waals surface area (Å²) in [6.07, 6.45) is 4.27. The van der Waals surface area contributed by atoms with Crippen LogP contribution in [0.5, 0.6) is 5.75 Å². The summed E-state index contributed by atoms with van der Waals surface area (Å²) >= 11 is 0. The van der Waals surface area contributed by atoms with Crippen LogP contribution < -0.4 is 15.8 Å². The van der Waals surface area contributed by atoms with E-state index in [-0.39, 0.29) is 5.91 Å². The van der Waals surface area contributed by atoms with Crippen LogP contribution in [-0.2, 0) is 0 Å². The summed E-state index contributed by atoms with van der Waals surface area (Å²) in [6.45, 7) is 1.44. The number of carbonyl (C=O) groups excluding carboxylic acids is 1. The number of nitrogens with two attached hydrogens (primary N) is 1. The highest BCUT2D eigenvalue weighted by molar-refractivity contribution is 5.96. The highest BCUT2D eigenvalue weighted by Crippen LogP contribution is 2.16. The van der Waals surface area contributed by atoms with Crippen LogP contribution in [0.25, 0.3) is 0 Å². The van der Waals surface area contributed by atoms with E-state index < -0.39 is 0 Å². The Bertz CT molecular complexity index is 367. The summed E-state index contributed by atoms with van der Waals surface area (Å²) in [7, 11) is 1.57. The van der Waals surface area contributed by atoms with Gasteiger partial charge in [0.15, 0.2) is 0 Å². The van der Waals surface area contributed by atoms with Crippen molar-refractivity contribution in [3.63, 3.8) is 0 Å². The molecule has 0 bridgehead atoms. The number of unbranched alkanes of at least 4 members (excludes halogenated alkanes) is 3. The van der Waals surface area contributed by atoms with E-state index >= 15 is 0 Å². The average molecular weight is 250 g/mol. The maximum atomic E-state index is 11.9. The molecule has 0 atom stereocenters. The fourth-order valence-electron chi connectivity index (χ4n) is 1.75. The number of amides is 1. The van der Waals surface area contributed by atoms with E-state index in [1.54, 1.807) is 19.2 Å². The third-order valence-corrected chi connectivity index (χ3v) is 2.77. The first-order valence-electron chi connectivity index (χ1n) is 6.41. The largest absolute Gasteiger partial charge is 0.496 e. The Morgan fingerprint density at radius 1 is 1.22 bits per heavy atom. The Morgan fingerprint density at radius 3 is 2.67 bits per heavy atom. The normalized spacial score (nSPS) is 10.1. The van der Waals surface area contributed by atoms with Crippen molar-refractivity contribution in [3.05, 3.63) is 29.8 Å². The summed E-state index contributed by atoms with van der Waals surface area (Å²) in [5, 5.41) is 2.90.